The van der Waals surface area contributed by atoms with E-state index in [0.29, 0.717) is 27.1 Å². The van der Waals surface area contributed by atoms with Gasteiger partial charge in [0.05, 0.1) is 10.0 Å². The van der Waals surface area contributed by atoms with Gasteiger partial charge in [0.25, 0.3) is 0 Å². The average Bonchev–Trinajstić information content (AvgIpc) is 2.49. The van der Waals surface area contributed by atoms with Crippen LogP contribution in [0.25, 0.3) is 6.08 Å². The molecule has 0 aliphatic carbocycles. The predicted octanol–water partition coefficient (Wildman–Crippen LogP) is 5.22. The van der Waals surface area contributed by atoms with Crippen LogP contribution in [0.4, 0.5) is 0 Å². The highest BCUT2D eigenvalue weighted by Crippen LogP contribution is 2.29. The van der Waals surface area contributed by atoms with E-state index >= 15 is 0 Å². The largest absolute Gasteiger partial charge is 0.457 e. The molecule has 0 aliphatic heterocycles. The summed E-state index contributed by atoms with van der Waals surface area (Å²) >= 11 is 11.8. The minimum atomic E-state index is 0.0293. The Balaban J connectivity index is 2.26. The number of rotatable bonds is 3. The summed E-state index contributed by atoms with van der Waals surface area (Å²) in [5.74, 6) is 1.11. The lowest BCUT2D eigenvalue weighted by molar-refractivity contribution is 0.482. The molecule has 5 heteroatoms. The lowest BCUT2D eigenvalue weighted by Crippen LogP contribution is -1.85. The smallest absolute Gasteiger partial charge is 0.130 e. The van der Waals surface area contributed by atoms with Crippen molar-refractivity contribution in [2.24, 2.45) is 0 Å². The van der Waals surface area contributed by atoms with Gasteiger partial charge in [-0.15, -0.1) is 0 Å². The number of benzene rings is 2. The molecule has 0 atom stereocenters. The number of allylic oxidation sites excluding steroid dienone is 1. The molecule has 0 unspecified atom stereocenters. The molecule has 0 heterocycles. The van der Waals surface area contributed by atoms with Gasteiger partial charge in [0.1, 0.15) is 29.2 Å². The van der Waals surface area contributed by atoms with Gasteiger partial charge in [-0.1, -0.05) is 35.3 Å². The molecule has 0 amide bonds. The fourth-order valence-corrected chi connectivity index (χ4v) is 1.89. The van der Waals surface area contributed by atoms with E-state index in [0.717, 1.165) is 0 Å². The van der Waals surface area contributed by atoms with Gasteiger partial charge in [0.15, 0.2) is 0 Å². The first-order valence-electron chi connectivity index (χ1n) is 5.87. The van der Waals surface area contributed by atoms with E-state index in [2.05, 4.69) is 0 Å². The van der Waals surface area contributed by atoms with Gasteiger partial charge in [-0.2, -0.15) is 10.5 Å². The summed E-state index contributed by atoms with van der Waals surface area (Å²) in [6.45, 7) is 0. The van der Waals surface area contributed by atoms with E-state index in [1.165, 1.54) is 6.08 Å². The quantitative estimate of drug-likeness (QED) is 0.730. The van der Waals surface area contributed by atoms with Crippen LogP contribution in [0.15, 0.2) is 48.0 Å². The van der Waals surface area contributed by atoms with Crippen molar-refractivity contribution in [1.82, 2.24) is 0 Å². The predicted molar refractivity (Wildman–Crippen MR) is 82.2 cm³/mol. The molecule has 0 aromatic heterocycles. The normalized spacial score (nSPS) is 9.33. The minimum Gasteiger partial charge on any atom is -0.457 e. The number of ether oxygens (including phenoxy) is 1. The van der Waals surface area contributed by atoms with Crippen molar-refractivity contribution >= 4 is 29.3 Å². The van der Waals surface area contributed by atoms with Crippen LogP contribution < -0.4 is 4.74 Å². The van der Waals surface area contributed by atoms with Crippen LogP contribution in [0.1, 0.15) is 5.56 Å². The third kappa shape index (κ3) is 4.00. The van der Waals surface area contributed by atoms with Crippen molar-refractivity contribution in [1.29, 1.82) is 10.5 Å². The highest BCUT2D eigenvalue weighted by atomic mass is 35.5. The Morgan fingerprint density at radius 1 is 0.952 bits per heavy atom. The van der Waals surface area contributed by atoms with Crippen LogP contribution in [0, 0.1) is 22.7 Å². The monoisotopic (exact) mass is 314 g/mol. The molecule has 0 saturated heterocycles. The second-order valence-corrected chi connectivity index (χ2v) is 4.85. The zero-order chi connectivity index (χ0) is 15.2. The maximum absolute atomic E-state index is 8.75. The molecule has 3 nitrogen and oxygen atoms in total. The van der Waals surface area contributed by atoms with Crippen molar-refractivity contribution in [2.45, 2.75) is 0 Å². The molecule has 21 heavy (non-hydrogen) atoms. The maximum atomic E-state index is 8.75. The number of nitrogens with zero attached hydrogens (tertiary/aromatic N) is 2. The third-order valence-corrected chi connectivity index (χ3v) is 3.28. The molecule has 2 rings (SSSR count). The Morgan fingerprint density at radius 2 is 1.67 bits per heavy atom. The van der Waals surface area contributed by atoms with Gasteiger partial charge in [0, 0.05) is 6.07 Å². The van der Waals surface area contributed by atoms with Crippen LogP contribution in [0.2, 0.25) is 10.0 Å². The van der Waals surface area contributed by atoms with Gasteiger partial charge in [-0.3, -0.25) is 0 Å². The molecule has 0 aliphatic rings. The minimum absolute atomic E-state index is 0.0293. The fourth-order valence-electron chi connectivity index (χ4n) is 1.60. The fraction of sp³-hybridized carbons (Fsp3) is 0. The summed E-state index contributed by atoms with van der Waals surface area (Å²) in [7, 11) is 0. The van der Waals surface area contributed by atoms with Gasteiger partial charge in [0.2, 0.25) is 0 Å². The van der Waals surface area contributed by atoms with Crippen molar-refractivity contribution in [2.75, 3.05) is 0 Å². The second-order valence-electron chi connectivity index (χ2n) is 4.03. The lowest BCUT2D eigenvalue weighted by atomic mass is 10.1. The Labute approximate surface area is 132 Å². The van der Waals surface area contributed by atoms with Crippen molar-refractivity contribution in [3.8, 4) is 23.6 Å². The van der Waals surface area contributed by atoms with Gasteiger partial charge >= 0.3 is 0 Å². The summed E-state index contributed by atoms with van der Waals surface area (Å²) in [4.78, 5) is 0. The Morgan fingerprint density at radius 3 is 2.33 bits per heavy atom. The molecule has 2 aromatic rings. The SMILES string of the molecule is N#CC(C#N)=Cc1cccc(Oc2ccc(Cl)c(Cl)c2)c1. The van der Waals surface area contributed by atoms with Crippen LogP contribution >= 0.6 is 23.2 Å². The molecule has 0 N–H and O–H groups in total. The maximum Gasteiger partial charge on any atom is 0.130 e. The summed E-state index contributed by atoms with van der Waals surface area (Å²) in [6, 6.07) is 15.6. The molecular weight excluding hydrogens is 307 g/mol. The molecule has 0 spiro atoms. The molecule has 0 bridgehead atoms. The first-order chi connectivity index (χ1) is 10.1. The molecule has 102 valence electrons. The van der Waals surface area contributed by atoms with Crippen LogP contribution in [0.5, 0.6) is 11.5 Å². The summed E-state index contributed by atoms with van der Waals surface area (Å²) in [5.41, 5.74) is 0.729. The van der Waals surface area contributed by atoms with E-state index in [9.17, 15) is 0 Å². The standard InChI is InChI=1S/C16H8Cl2N2O/c17-15-5-4-14(8-16(15)18)21-13-3-1-2-11(7-13)6-12(9-19)10-20/h1-8H. The van der Waals surface area contributed by atoms with Gasteiger partial charge in [-0.25, -0.2) is 0 Å². The van der Waals surface area contributed by atoms with Crippen molar-refractivity contribution in [3.63, 3.8) is 0 Å². The van der Waals surface area contributed by atoms with Crippen molar-refractivity contribution < 1.29 is 4.74 Å². The van der Waals surface area contributed by atoms with Crippen LogP contribution in [0.3, 0.4) is 0 Å². The Hall–Kier alpha value is -2.46. The Bertz CT molecular complexity index is 770. The number of hydrogen-bond acceptors (Lipinski definition) is 3. The Kier molecular flexibility index (Phi) is 4.85. The van der Waals surface area contributed by atoms with Crippen LogP contribution in [-0.4, -0.2) is 0 Å². The van der Waals surface area contributed by atoms with Crippen LogP contribution in [-0.2, 0) is 0 Å². The topological polar surface area (TPSA) is 56.8 Å². The van der Waals surface area contributed by atoms with E-state index in [4.69, 9.17) is 38.5 Å². The lowest BCUT2D eigenvalue weighted by Gasteiger charge is -2.07. The second kappa shape index (κ2) is 6.81. The molecule has 0 saturated carbocycles. The zero-order valence-corrected chi connectivity index (χ0v) is 12.2. The number of hydrogen-bond donors (Lipinski definition) is 0. The summed E-state index contributed by atoms with van der Waals surface area (Å²) < 4.78 is 5.67. The van der Waals surface area contributed by atoms with Gasteiger partial charge < -0.3 is 4.74 Å². The van der Waals surface area contributed by atoms with E-state index in [-0.39, 0.29) is 5.57 Å². The summed E-state index contributed by atoms with van der Waals surface area (Å²) in [5, 5.41) is 18.4. The first kappa shape index (κ1) is 14.9. The van der Waals surface area contributed by atoms with E-state index < -0.39 is 0 Å². The molecule has 0 fully saturated rings. The number of nitriles is 2. The van der Waals surface area contributed by atoms with Gasteiger partial charge in [-0.05, 0) is 35.9 Å². The summed E-state index contributed by atoms with van der Waals surface area (Å²) in [6.07, 6.45) is 1.49. The van der Waals surface area contributed by atoms with E-state index in [1.807, 2.05) is 12.1 Å². The number of halogens is 2. The average molecular weight is 315 g/mol. The van der Waals surface area contributed by atoms with Crippen molar-refractivity contribution in [3.05, 3.63) is 63.6 Å². The zero-order valence-electron chi connectivity index (χ0n) is 10.7. The molecule has 2 aromatic carbocycles. The molecule has 0 radical (unpaired) electrons. The third-order valence-electron chi connectivity index (χ3n) is 2.54. The first-order valence-corrected chi connectivity index (χ1v) is 6.63. The van der Waals surface area contributed by atoms with E-state index in [1.54, 1.807) is 42.5 Å². The molecular formula is C16H8Cl2N2O. The highest BCUT2D eigenvalue weighted by molar-refractivity contribution is 6.42. The highest BCUT2D eigenvalue weighted by Gasteiger charge is 2.03.